The van der Waals surface area contributed by atoms with Crippen molar-refractivity contribution >= 4 is 39.1 Å². The normalized spacial score (nSPS) is 17.7. The highest BCUT2D eigenvalue weighted by Crippen LogP contribution is 2.34. The van der Waals surface area contributed by atoms with Gasteiger partial charge in [0.2, 0.25) is 0 Å². The molecule has 1 atom stereocenters. The lowest BCUT2D eigenvalue weighted by atomic mass is 10.1. The van der Waals surface area contributed by atoms with Crippen LogP contribution in [-0.4, -0.2) is 64.4 Å². The van der Waals surface area contributed by atoms with Crippen LogP contribution in [0.25, 0.3) is 21.8 Å². The number of methoxy groups -OCH3 is 1. The number of anilines is 3. The zero-order valence-electron chi connectivity index (χ0n) is 23.2. The van der Waals surface area contributed by atoms with Gasteiger partial charge in [0.1, 0.15) is 17.0 Å². The molecule has 9 heteroatoms. The van der Waals surface area contributed by atoms with Crippen LogP contribution in [0.1, 0.15) is 25.7 Å². The van der Waals surface area contributed by atoms with Crippen LogP contribution in [0.4, 0.5) is 17.3 Å². The first-order valence-corrected chi connectivity index (χ1v) is 14.3. The molecule has 208 valence electrons. The van der Waals surface area contributed by atoms with Gasteiger partial charge in [-0.25, -0.2) is 4.98 Å². The van der Waals surface area contributed by atoms with Crippen molar-refractivity contribution in [3.63, 3.8) is 0 Å². The average Bonchev–Trinajstić information content (AvgIpc) is 3.27. The number of fused-ring (bicyclic) bond motifs is 3. The van der Waals surface area contributed by atoms with Gasteiger partial charge < -0.3 is 19.7 Å². The molecule has 0 saturated carbocycles. The first-order chi connectivity index (χ1) is 20.2. The summed E-state index contributed by atoms with van der Waals surface area (Å²) in [6.45, 7) is 4.32. The van der Waals surface area contributed by atoms with E-state index in [0.717, 1.165) is 47.7 Å². The van der Waals surface area contributed by atoms with E-state index in [2.05, 4.69) is 54.4 Å². The first kappa shape index (κ1) is 25.5. The topological polar surface area (TPSA) is 88.5 Å². The summed E-state index contributed by atoms with van der Waals surface area (Å²) in [6.07, 6.45) is 8.62. The maximum atomic E-state index is 6.16. The fourth-order valence-corrected chi connectivity index (χ4v) is 5.99. The van der Waals surface area contributed by atoms with E-state index < -0.39 is 0 Å². The maximum Gasteiger partial charge on any atom is 0.161 e. The molecule has 5 heterocycles. The summed E-state index contributed by atoms with van der Waals surface area (Å²) in [5.74, 6) is 3.71. The lowest BCUT2D eigenvalue weighted by Gasteiger charge is -2.41. The van der Waals surface area contributed by atoms with Gasteiger partial charge in [0, 0.05) is 60.5 Å². The first-order valence-electron chi connectivity index (χ1n) is 14.3. The molecule has 1 N–H and O–H groups in total. The van der Waals surface area contributed by atoms with Gasteiger partial charge in [-0.15, -0.1) is 10.2 Å². The smallest absolute Gasteiger partial charge is 0.161 e. The van der Waals surface area contributed by atoms with Crippen LogP contribution in [0, 0.1) is 0 Å². The molecule has 0 spiro atoms. The van der Waals surface area contributed by atoms with Crippen molar-refractivity contribution in [1.82, 2.24) is 25.1 Å². The standard InChI is InChI=1S/C32H33N7O2/c1-40-25-19-28-30(34-20-25)29(14-15-33-28)41-24-12-10-22(11-13-24)35-31-26-8-4-5-9-27(26)32(37-36-31)39-18-17-38-16-6-2-3-7-23(38)21-39/h4-5,8-15,19-20,23H,2-3,6-7,16-18,21H2,1H3,(H,35,36)/t23-/m1/s1. The van der Waals surface area contributed by atoms with Crippen molar-refractivity contribution in [2.24, 2.45) is 0 Å². The lowest BCUT2D eigenvalue weighted by molar-refractivity contribution is 0.180. The van der Waals surface area contributed by atoms with Gasteiger partial charge >= 0.3 is 0 Å². The highest BCUT2D eigenvalue weighted by atomic mass is 16.5. The molecular weight excluding hydrogens is 514 g/mol. The third kappa shape index (κ3) is 5.20. The van der Waals surface area contributed by atoms with E-state index in [1.165, 1.54) is 32.2 Å². The number of ether oxygens (including phenoxy) is 2. The molecule has 0 radical (unpaired) electrons. The van der Waals surface area contributed by atoms with E-state index in [1.54, 1.807) is 19.5 Å². The predicted molar refractivity (Wildman–Crippen MR) is 161 cm³/mol. The number of hydrogen-bond donors (Lipinski definition) is 1. The zero-order chi connectivity index (χ0) is 27.6. The lowest BCUT2D eigenvalue weighted by Crippen LogP contribution is -2.53. The molecule has 9 nitrogen and oxygen atoms in total. The summed E-state index contributed by atoms with van der Waals surface area (Å²) >= 11 is 0. The van der Waals surface area contributed by atoms with Crippen LogP contribution in [0.5, 0.6) is 17.2 Å². The number of pyridine rings is 2. The Bertz CT molecular complexity index is 1680. The summed E-state index contributed by atoms with van der Waals surface area (Å²) in [5, 5.41) is 15.1. The second kappa shape index (κ2) is 11.2. The van der Waals surface area contributed by atoms with Gasteiger partial charge in [-0.05, 0) is 43.7 Å². The van der Waals surface area contributed by atoms with Crippen molar-refractivity contribution in [3.8, 4) is 17.2 Å². The number of rotatable bonds is 6. The van der Waals surface area contributed by atoms with E-state index in [9.17, 15) is 0 Å². The molecule has 3 aromatic heterocycles. The molecule has 0 bridgehead atoms. The van der Waals surface area contributed by atoms with Gasteiger partial charge in [0.05, 0.1) is 18.8 Å². The number of piperazine rings is 1. The Kier molecular flexibility index (Phi) is 6.94. The molecule has 2 aromatic carbocycles. The third-order valence-corrected chi connectivity index (χ3v) is 8.15. The number of benzene rings is 2. The fourth-order valence-electron chi connectivity index (χ4n) is 5.99. The van der Waals surface area contributed by atoms with E-state index in [0.29, 0.717) is 34.3 Å². The van der Waals surface area contributed by atoms with Gasteiger partial charge in [0.15, 0.2) is 17.4 Å². The van der Waals surface area contributed by atoms with E-state index in [4.69, 9.17) is 14.6 Å². The van der Waals surface area contributed by atoms with Crippen LogP contribution < -0.4 is 19.7 Å². The number of aromatic nitrogens is 4. The molecule has 2 aliphatic heterocycles. The maximum absolute atomic E-state index is 6.16. The number of hydrogen-bond acceptors (Lipinski definition) is 9. The summed E-state index contributed by atoms with van der Waals surface area (Å²) in [7, 11) is 1.61. The monoisotopic (exact) mass is 547 g/mol. The Hall–Kier alpha value is -4.50. The van der Waals surface area contributed by atoms with Crippen molar-refractivity contribution in [2.75, 3.05) is 43.5 Å². The SMILES string of the molecule is COc1cnc2c(Oc3ccc(Nc4nnc(N5CCN6CCCCC[C@@H]6C5)c5ccccc45)cc3)ccnc2c1. The minimum Gasteiger partial charge on any atom is -0.495 e. The van der Waals surface area contributed by atoms with Crippen LogP contribution >= 0.6 is 0 Å². The molecular formula is C32H33N7O2. The zero-order valence-corrected chi connectivity index (χ0v) is 23.2. The molecule has 0 aliphatic carbocycles. The molecule has 41 heavy (non-hydrogen) atoms. The van der Waals surface area contributed by atoms with Crippen LogP contribution in [0.15, 0.2) is 73.1 Å². The summed E-state index contributed by atoms with van der Waals surface area (Å²) in [6, 6.07) is 20.5. The highest BCUT2D eigenvalue weighted by molar-refractivity contribution is 5.99. The van der Waals surface area contributed by atoms with E-state index >= 15 is 0 Å². The number of nitrogens with one attached hydrogen (secondary N) is 1. The van der Waals surface area contributed by atoms with E-state index in [1.807, 2.05) is 36.4 Å². The van der Waals surface area contributed by atoms with Gasteiger partial charge in [0.25, 0.3) is 0 Å². The van der Waals surface area contributed by atoms with Crippen molar-refractivity contribution in [2.45, 2.75) is 31.7 Å². The summed E-state index contributed by atoms with van der Waals surface area (Å²) in [5.41, 5.74) is 2.29. The van der Waals surface area contributed by atoms with Gasteiger partial charge in [-0.1, -0.05) is 37.1 Å². The predicted octanol–water partition coefficient (Wildman–Crippen LogP) is 6.18. The molecule has 0 unspecified atom stereocenters. The molecule has 0 amide bonds. The Balaban J connectivity index is 1.10. The quantitative estimate of drug-likeness (QED) is 0.268. The van der Waals surface area contributed by atoms with E-state index in [-0.39, 0.29) is 0 Å². The molecule has 2 aliphatic rings. The highest BCUT2D eigenvalue weighted by Gasteiger charge is 2.29. The van der Waals surface area contributed by atoms with Crippen LogP contribution in [-0.2, 0) is 0 Å². The summed E-state index contributed by atoms with van der Waals surface area (Å²) in [4.78, 5) is 14.0. The fraction of sp³-hybridized carbons (Fsp3) is 0.312. The average molecular weight is 548 g/mol. The molecule has 2 fully saturated rings. The Morgan fingerprint density at radius 3 is 2.61 bits per heavy atom. The second-order valence-electron chi connectivity index (χ2n) is 10.7. The summed E-state index contributed by atoms with van der Waals surface area (Å²) < 4.78 is 11.4. The molecule has 5 aromatic rings. The second-order valence-corrected chi connectivity index (χ2v) is 10.7. The van der Waals surface area contributed by atoms with Crippen molar-refractivity contribution < 1.29 is 9.47 Å². The van der Waals surface area contributed by atoms with Gasteiger partial charge in [-0.2, -0.15) is 0 Å². The number of nitrogens with zero attached hydrogens (tertiary/aromatic N) is 6. The molecule has 7 rings (SSSR count). The third-order valence-electron chi connectivity index (χ3n) is 8.15. The minimum absolute atomic E-state index is 0.606. The largest absolute Gasteiger partial charge is 0.495 e. The molecule has 2 saturated heterocycles. The Labute approximate surface area is 239 Å². The minimum atomic E-state index is 0.606. The Morgan fingerprint density at radius 2 is 1.73 bits per heavy atom. The van der Waals surface area contributed by atoms with Gasteiger partial charge in [-0.3, -0.25) is 9.88 Å². The van der Waals surface area contributed by atoms with Crippen molar-refractivity contribution in [1.29, 1.82) is 0 Å². The van der Waals surface area contributed by atoms with Crippen molar-refractivity contribution in [3.05, 3.63) is 73.1 Å². The van der Waals surface area contributed by atoms with Crippen LogP contribution in [0.3, 0.4) is 0 Å². The van der Waals surface area contributed by atoms with Crippen LogP contribution in [0.2, 0.25) is 0 Å². The Morgan fingerprint density at radius 1 is 0.854 bits per heavy atom.